The van der Waals surface area contributed by atoms with Crippen LogP contribution in [-0.2, 0) is 4.79 Å². The van der Waals surface area contributed by atoms with Crippen molar-refractivity contribution in [2.75, 3.05) is 19.6 Å². The van der Waals surface area contributed by atoms with E-state index in [2.05, 4.69) is 10.6 Å². The highest BCUT2D eigenvalue weighted by molar-refractivity contribution is 5.96. The molecule has 3 N–H and O–H groups in total. The molecule has 6 heteroatoms. The molecule has 110 valence electrons. The van der Waals surface area contributed by atoms with Gasteiger partial charge in [-0.2, -0.15) is 0 Å². The van der Waals surface area contributed by atoms with Crippen LogP contribution >= 0.6 is 0 Å². The fourth-order valence-corrected chi connectivity index (χ4v) is 2.26. The van der Waals surface area contributed by atoms with Crippen molar-refractivity contribution in [2.45, 2.75) is 51.7 Å². The monoisotopic (exact) mass is 271 g/mol. The number of amides is 3. The number of rotatable bonds is 3. The maximum atomic E-state index is 11.9. The van der Waals surface area contributed by atoms with E-state index in [1.54, 1.807) is 13.8 Å². The van der Waals surface area contributed by atoms with Crippen molar-refractivity contribution in [3.05, 3.63) is 0 Å². The molecule has 1 fully saturated rings. The molecule has 6 nitrogen and oxygen atoms in total. The summed E-state index contributed by atoms with van der Waals surface area (Å²) >= 11 is 0. The van der Waals surface area contributed by atoms with Gasteiger partial charge in [-0.05, 0) is 46.6 Å². The second kappa shape index (κ2) is 6.86. The minimum Gasteiger partial charge on any atom is -0.390 e. The number of aliphatic hydroxyl groups is 1. The van der Waals surface area contributed by atoms with Crippen LogP contribution in [-0.4, -0.2) is 53.2 Å². The van der Waals surface area contributed by atoms with E-state index >= 15 is 0 Å². The second-order valence-electron chi connectivity index (χ2n) is 5.41. The summed E-state index contributed by atoms with van der Waals surface area (Å²) in [5, 5.41) is 14.9. The lowest BCUT2D eigenvalue weighted by atomic mass is 9.98. The van der Waals surface area contributed by atoms with Gasteiger partial charge in [-0.15, -0.1) is 0 Å². The van der Waals surface area contributed by atoms with Gasteiger partial charge >= 0.3 is 6.03 Å². The Hall–Kier alpha value is -1.14. The van der Waals surface area contributed by atoms with Gasteiger partial charge < -0.3 is 10.4 Å². The van der Waals surface area contributed by atoms with Crippen LogP contribution in [0.4, 0.5) is 4.79 Å². The first-order valence-corrected chi connectivity index (χ1v) is 6.91. The molecule has 0 radical (unpaired) electrons. The zero-order valence-electron chi connectivity index (χ0n) is 12.0. The maximum Gasteiger partial charge on any atom is 0.321 e. The van der Waals surface area contributed by atoms with E-state index in [-0.39, 0.29) is 11.9 Å². The molecule has 0 saturated carbocycles. The van der Waals surface area contributed by atoms with Gasteiger partial charge in [0.1, 0.15) is 0 Å². The first-order valence-electron chi connectivity index (χ1n) is 6.91. The summed E-state index contributed by atoms with van der Waals surface area (Å²) in [6.07, 6.45) is 2.24. The van der Waals surface area contributed by atoms with Gasteiger partial charge in [-0.1, -0.05) is 0 Å². The third-order valence-corrected chi connectivity index (χ3v) is 3.60. The average molecular weight is 271 g/mol. The van der Waals surface area contributed by atoms with E-state index in [0.717, 1.165) is 19.4 Å². The Morgan fingerprint density at radius 2 is 2.05 bits per heavy atom. The first kappa shape index (κ1) is 15.9. The molecule has 0 aromatic heterocycles. The molecule has 19 heavy (non-hydrogen) atoms. The molecule has 1 aliphatic heterocycles. The van der Waals surface area contributed by atoms with Gasteiger partial charge in [-0.3, -0.25) is 15.0 Å². The number of nitrogens with zero attached hydrogens (tertiary/aromatic N) is 1. The average Bonchev–Trinajstić information content (AvgIpc) is 2.49. The Morgan fingerprint density at radius 1 is 1.37 bits per heavy atom. The molecule has 0 aromatic carbocycles. The summed E-state index contributed by atoms with van der Waals surface area (Å²) in [5.74, 6) is -0.299. The molecular formula is C13H25N3O3. The zero-order valence-corrected chi connectivity index (χ0v) is 12.0. The smallest absolute Gasteiger partial charge is 0.321 e. The summed E-state index contributed by atoms with van der Waals surface area (Å²) in [5.41, 5.74) is -0.648. The minimum absolute atomic E-state index is 0.299. The largest absolute Gasteiger partial charge is 0.390 e. The van der Waals surface area contributed by atoms with Crippen LogP contribution in [0.5, 0.6) is 0 Å². The third-order valence-electron chi connectivity index (χ3n) is 3.60. The van der Waals surface area contributed by atoms with Gasteiger partial charge in [-0.25, -0.2) is 4.79 Å². The fraction of sp³-hybridized carbons (Fsp3) is 0.846. The van der Waals surface area contributed by atoms with Crippen molar-refractivity contribution >= 4 is 11.9 Å². The number of urea groups is 1. The van der Waals surface area contributed by atoms with E-state index < -0.39 is 11.6 Å². The SMILES string of the molecule is CCNC(=O)NC(=O)C(C)N1CCCC(C)(O)CC1. The van der Waals surface area contributed by atoms with Crippen molar-refractivity contribution in [3.8, 4) is 0 Å². The van der Waals surface area contributed by atoms with Crippen LogP contribution in [0.1, 0.15) is 40.0 Å². The van der Waals surface area contributed by atoms with E-state index in [9.17, 15) is 14.7 Å². The van der Waals surface area contributed by atoms with Crippen molar-refractivity contribution in [1.82, 2.24) is 15.5 Å². The molecule has 1 heterocycles. The van der Waals surface area contributed by atoms with Gasteiger partial charge in [0.05, 0.1) is 11.6 Å². The molecule has 1 rings (SSSR count). The summed E-state index contributed by atoms with van der Waals surface area (Å²) in [7, 11) is 0. The maximum absolute atomic E-state index is 11.9. The quantitative estimate of drug-likeness (QED) is 0.696. The van der Waals surface area contributed by atoms with E-state index in [1.165, 1.54) is 0 Å². The molecule has 1 aliphatic rings. The van der Waals surface area contributed by atoms with Gasteiger partial charge in [0.2, 0.25) is 5.91 Å². The van der Waals surface area contributed by atoms with Crippen LogP contribution < -0.4 is 10.6 Å². The molecule has 0 aliphatic carbocycles. The lowest BCUT2D eigenvalue weighted by molar-refractivity contribution is -0.124. The van der Waals surface area contributed by atoms with Crippen LogP contribution in [0.15, 0.2) is 0 Å². The Labute approximate surface area is 114 Å². The Balaban J connectivity index is 2.50. The number of hydrogen-bond acceptors (Lipinski definition) is 4. The zero-order chi connectivity index (χ0) is 14.5. The highest BCUT2D eigenvalue weighted by Crippen LogP contribution is 2.22. The van der Waals surface area contributed by atoms with Crippen molar-refractivity contribution < 1.29 is 14.7 Å². The summed E-state index contributed by atoms with van der Waals surface area (Å²) in [6, 6.07) is -0.822. The number of imide groups is 1. The summed E-state index contributed by atoms with van der Waals surface area (Å²) < 4.78 is 0. The van der Waals surface area contributed by atoms with Crippen molar-refractivity contribution in [1.29, 1.82) is 0 Å². The van der Waals surface area contributed by atoms with E-state index in [4.69, 9.17) is 0 Å². The molecule has 3 amide bonds. The molecule has 0 aromatic rings. The molecule has 0 spiro atoms. The number of carbonyl (C=O) groups excluding carboxylic acids is 2. The second-order valence-corrected chi connectivity index (χ2v) is 5.41. The van der Waals surface area contributed by atoms with Crippen LogP contribution in [0.25, 0.3) is 0 Å². The standard InChI is InChI=1S/C13H25N3O3/c1-4-14-12(18)15-11(17)10(2)16-8-5-6-13(3,19)7-9-16/h10,19H,4-9H2,1-3H3,(H2,14,15,17,18). The molecule has 1 saturated heterocycles. The normalized spacial score (nSPS) is 26.3. The van der Waals surface area contributed by atoms with Gasteiger partial charge in [0, 0.05) is 13.1 Å². The third kappa shape index (κ3) is 5.16. The highest BCUT2D eigenvalue weighted by Gasteiger charge is 2.29. The predicted molar refractivity (Wildman–Crippen MR) is 72.7 cm³/mol. The van der Waals surface area contributed by atoms with Gasteiger partial charge in [0.15, 0.2) is 0 Å². The summed E-state index contributed by atoms with van der Waals surface area (Å²) in [6.45, 7) is 7.33. The topological polar surface area (TPSA) is 81.7 Å². The van der Waals surface area contributed by atoms with E-state index in [0.29, 0.717) is 19.5 Å². The molecule has 2 atom stereocenters. The molecule has 2 unspecified atom stereocenters. The Kier molecular flexibility index (Phi) is 5.75. The number of carbonyl (C=O) groups is 2. The minimum atomic E-state index is -0.648. The van der Waals surface area contributed by atoms with Crippen LogP contribution in [0.2, 0.25) is 0 Å². The molecule has 0 bridgehead atoms. The molecular weight excluding hydrogens is 246 g/mol. The van der Waals surface area contributed by atoms with Gasteiger partial charge in [0.25, 0.3) is 0 Å². The number of hydrogen-bond donors (Lipinski definition) is 3. The number of likely N-dealkylation sites (tertiary alicyclic amines) is 1. The predicted octanol–water partition coefficient (Wildman–Crippen LogP) is 0.458. The van der Waals surface area contributed by atoms with Crippen LogP contribution in [0.3, 0.4) is 0 Å². The van der Waals surface area contributed by atoms with Crippen molar-refractivity contribution in [3.63, 3.8) is 0 Å². The first-order chi connectivity index (χ1) is 8.85. The fourth-order valence-electron chi connectivity index (χ4n) is 2.26. The lowest BCUT2D eigenvalue weighted by Gasteiger charge is -2.27. The Bertz CT molecular complexity index is 331. The lowest BCUT2D eigenvalue weighted by Crippen LogP contribution is -2.50. The highest BCUT2D eigenvalue weighted by atomic mass is 16.3. The number of nitrogens with one attached hydrogen (secondary N) is 2. The van der Waals surface area contributed by atoms with E-state index in [1.807, 2.05) is 11.8 Å². The van der Waals surface area contributed by atoms with Crippen LogP contribution in [0, 0.1) is 0 Å². The Morgan fingerprint density at radius 3 is 2.68 bits per heavy atom. The summed E-state index contributed by atoms with van der Waals surface area (Å²) in [4.78, 5) is 25.2. The van der Waals surface area contributed by atoms with Crippen molar-refractivity contribution in [2.24, 2.45) is 0 Å².